The highest BCUT2D eigenvalue weighted by atomic mass is 35.5. The van der Waals surface area contributed by atoms with Crippen LogP contribution in [-0.4, -0.2) is 6.18 Å². The molecule has 0 aliphatic carbocycles. The molecule has 1 aromatic rings. The molecule has 90 valence electrons. The van der Waals surface area contributed by atoms with Gasteiger partial charge < -0.3 is 5.73 Å². The first kappa shape index (κ1) is 13.6. The van der Waals surface area contributed by atoms with Crippen molar-refractivity contribution in [1.82, 2.24) is 0 Å². The van der Waals surface area contributed by atoms with E-state index in [1.54, 1.807) is 6.07 Å². The Labute approximate surface area is 101 Å². The van der Waals surface area contributed by atoms with Crippen molar-refractivity contribution >= 4 is 23.2 Å². The van der Waals surface area contributed by atoms with Gasteiger partial charge in [-0.25, -0.2) is 0 Å². The van der Waals surface area contributed by atoms with Crippen molar-refractivity contribution in [1.29, 1.82) is 0 Å². The van der Waals surface area contributed by atoms with Crippen molar-refractivity contribution in [2.45, 2.75) is 25.1 Å². The summed E-state index contributed by atoms with van der Waals surface area (Å²) in [4.78, 5) is 0. The Morgan fingerprint density at radius 3 is 2.44 bits per heavy atom. The van der Waals surface area contributed by atoms with Crippen LogP contribution in [0.4, 0.5) is 13.2 Å². The van der Waals surface area contributed by atoms with Crippen LogP contribution in [0.1, 0.15) is 24.4 Å². The maximum atomic E-state index is 12.0. The van der Waals surface area contributed by atoms with E-state index in [0.29, 0.717) is 15.6 Å². The third-order valence-electron chi connectivity index (χ3n) is 2.10. The Morgan fingerprint density at radius 2 is 1.88 bits per heavy atom. The second-order valence-corrected chi connectivity index (χ2v) is 4.27. The molecule has 0 saturated carbocycles. The van der Waals surface area contributed by atoms with E-state index in [1.165, 1.54) is 12.1 Å². The highest BCUT2D eigenvalue weighted by molar-refractivity contribution is 6.33. The van der Waals surface area contributed by atoms with Crippen LogP contribution in [-0.2, 0) is 0 Å². The number of halogens is 5. The van der Waals surface area contributed by atoms with E-state index in [9.17, 15) is 13.2 Å². The van der Waals surface area contributed by atoms with E-state index in [0.717, 1.165) is 0 Å². The lowest BCUT2D eigenvalue weighted by Crippen LogP contribution is -2.16. The molecule has 0 unspecified atom stereocenters. The second-order valence-electron chi connectivity index (χ2n) is 3.43. The lowest BCUT2D eigenvalue weighted by atomic mass is 10.0. The normalized spacial score (nSPS) is 13.9. The number of rotatable bonds is 3. The van der Waals surface area contributed by atoms with Gasteiger partial charge in [-0.15, -0.1) is 0 Å². The Hall–Kier alpha value is -0.450. The molecule has 1 nitrogen and oxygen atoms in total. The predicted octanol–water partition coefficient (Wildman–Crippen LogP) is 4.34. The van der Waals surface area contributed by atoms with Crippen LogP contribution in [0.15, 0.2) is 18.2 Å². The summed E-state index contributed by atoms with van der Waals surface area (Å²) in [7, 11) is 0. The summed E-state index contributed by atoms with van der Waals surface area (Å²) in [6, 6.07) is 3.81. The molecule has 0 radical (unpaired) electrons. The second kappa shape index (κ2) is 5.25. The van der Waals surface area contributed by atoms with Gasteiger partial charge in [0.15, 0.2) is 0 Å². The molecular formula is C10H10Cl2F3N. The van der Waals surface area contributed by atoms with E-state index in [1.807, 2.05) is 0 Å². The minimum atomic E-state index is -4.21. The third-order valence-corrected chi connectivity index (χ3v) is 2.68. The molecule has 6 heteroatoms. The van der Waals surface area contributed by atoms with Crippen LogP contribution in [0.5, 0.6) is 0 Å². The van der Waals surface area contributed by atoms with Crippen molar-refractivity contribution in [2.75, 3.05) is 0 Å². The molecule has 0 bridgehead atoms. The number of benzene rings is 1. The predicted molar refractivity (Wildman–Crippen MR) is 58.7 cm³/mol. The van der Waals surface area contributed by atoms with Crippen LogP contribution in [0.25, 0.3) is 0 Å². The fourth-order valence-electron chi connectivity index (χ4n) is 1.27. The van der Waals surface area contributed by atoms with Gasteiger partial charge in [0.05, 0.1) is 0 Å². The largest absolute Gasteiger partial charge is 0.389 e. The van der Waals surface area contributed by atoms with Crippen molar-refractivity contribution in [3.05, 3.63) is 33.8 Å². The summed E-state index contributed by atoms with van der Waals surface area (Å²) in [6.45, 7) is 0. The van der Waals surface area contributed by atoms with Crippen molar-refractivity contribution < 1.29 is 13.2 Å². The summed E-state index contributed by atoms with van der Waals surface area (Å²) in [6.07, 6.45) is -5.34. The van der Waals surface area contributed by atoms with Gasteiger partial charge in [0.1, 0.15) is 0 Å². The molecule has 0 fully saturated rings. The number of alkyl halides is 3. The molecule has 1 atom stereocenters. The summed E-state index contributed by atoms with van der Waals surface area (Å²) in [5, 5.41) is 0.737. The van der Waals surface area contributed by atoms with Gasteiger partial charge in [0, 0.05) is 22.5 Å². The zero-order valence-electron chi connectivity index (χ0n) is 8.19. The Bertz CT molecular complexity index is 366. The highest BCUT2D eigenvalue weighted by Gasteiger charge is 2.28. The summed E-state index contributed by atoms with van der Waals surface area (Å²) >= 11 is 11.5. The van der Waals surface area contributed by atoms with Crippen LogP contribution in [0, 0.1) is 0 Å². The molecular weight excluding hydrogens is 262 g/mol. The van der Waals surface area contributed by atoms with E-state index < -0.39 is 18.6 Å². The average Bonchev–Trinajstić information content (AvgIpc) is 2.17. The number of nitrogens with two attached hydrogens (primary N) is 1. The maximum absolute atomic E-state index is 12.0. The molecule has 0 aliphatic rings. The first-order chi connectivity index (χ1) is 7.29. The van der Waals surface area contributed by atoms with Crippen LogP contribution in [0.3, 0.4) is 0 Å². The zero-order chi connectivity index (χ0) is 12.3. The standard InChI is InChI=1S/C10H10Cl2F3N/c11-6-1-2-8(12)7(5-6)9(16)3-4-10(13,14)15/h1-2,5,9H,3-4,16H2/t9-/m0/s1. The quantitative estimate of drug-likeness (QED) is 0.870. The smallest absolute Gasteiger partial charge is 0.324 e. The van der Waals surface area contributed by atoms with Crippen LogP contribution in [0.2, 0.25) is 10.0 Å². The van der Waals surface area contributed by atoms with Crippen molar-refractivity contribution in [2.24, 2.45) is 5.73 Å². The van der Waals surface area contributed by atoms with Gasteiger partial charge in [0.2, 0.25) is 0 Å². The zero-order valence-corrected chi connectivity index (χ0v) is 9.70. The topological polar surface area (TPSA) is 26.0 Å². The highest BCUT2D eigenvalue weighted by Crippen LogP contribution is 2.30. The molecule has 0 aliphatic heterocycles. The Balaban J connectivity index is 2.73. The summed E-state index contributed by atoms with van der Waals surface area (Å²) in [5.74, 6) is 0. The molecule has 0 spiro atoms. The first-order valence-corrected chi connectivity index (χ1v) is 5.32. The monoisotopic (exact) mass is 271 g/mol. The van der Waals surface area contributed by atoms with Gasteiger partial charge in [0.25, 0.3) is 0 Å². The van der Waals surface area contributed by atoms with Crippen LogP contribution >= 0.6 is 23.2 Å². The van der Waals surface area contributed by atoms with Crippen molar-refractivity contribution in [3.8, 4) is 0 Å². The van der Waals surface area contributed by atoms with Crippen molar-refractivity contribution in [3.63, 3.8) is 0 Å². The Morgan fingerprint density at radius 1 is 1.25 bits per heavy atom. The fourth-order valence-corrected chi connectivity index (χ4v) is 1.71. The summed E-state index contributed by atoms with van der Waals surface area (Å²) < 4.78 is 36.0. The molecule has 0 heterocycles. The molecule has 2 N–H and O–H groups in total. The number of hydrogen-bond acceptors (Lipinski definition) is 1. The average molecular weight is 272 g/mol. The lowest BCUT2D eigenvalue weighted by molar-refractivity contribution is -0.136. The molecule has 1 aromatic carbocycles. The third kappa shape index (κ3) is 4.20. The molecule has 1 rings (SSSR count). The van der Waals surface area contributed by atoms with E-state index in [4.69, 9.17) is 28.9 Å². The fraction of sp³-hybridized carbons (Fsp3) is 0.400. The molecule has 0 saturated heterocycles. The maximum Gasteiger partial charge on any atom is 0.389 e. The van der Waals surface area contributed by atoms with Gasteiger partial charge >= 0.3 is 6.18 Å². The first-order valence-electron chi connectivity index (χ1n) is 4.57. The molecule has 16 heavy (non-hydrogen) atoms. The van der Waals surface area contributed by atoms with E-state index in [2.05, 4.69) is 0 Å². The van der Waals surface area contributed by atoms with E-state index >= 15 is 0 Å². The molecule has 0 amide bonds. The van der Waals surface area contributed by atoms with Gasteiger partial charge in [-0.3, -0.25) is 0 Å². The minimum Gasteiger partial charge on any atom is -0.324 e. The number of hydrogen-bond donors (Lipinski definition) is 1. The SMILES string of the molecule is N[C@@H](CCC(F)(F)F)c1cc(Cl)ccc1Cl. The molecule has 0 aromatic heterocycles. The van der Waals surface area contributed by atoms with Crippen LogP contribution < -0.4 is 5.73 Å². The Kier molecular flexibility index (Phi) is 4.47. The van der Waals surface area contributed by atoms with Gasteiger partial charge in [-0.1, -0.05) is 23.2 Å². The van der Waals surface area contributed by atoms with Gasteiger partial charge in [-0.05, 0) is 30.2 Å². The lowest BCUT2D eigenvalue weighted by Gasteiger charge is -2.15. The minimum absolute atomic E-state index is 0.205. The summed E-state index contributed by atoms with van der Waals surface area (Å²) in [5.41, 5.74) is 6.07. The van der Waals surface area contributed by atoms with Gasteiger partial charge in [-0.2, -0.15) is 13.2 Å². The van der Waals surface area contributed by atoms with E-state index in [-0.39, 0.29) is 6.42 Å².